The van der Waals surface area contributed by atoms with E-state index in [1.165, 1.54) is 11.8 Å². The van der Waals surface area contributed by atoms with E-state index in [9.17, 15) is 19.2 Å². The first-order chi connectivity index (χ1) is 25.7. The van der Waals surface area contributed by atoms with Gasteiger partial charge in [0, 0.05) is 80.5 Å². The topological polar surface area (TPSA) is 135 Å². The number of benzene rings is 2. The second kappa shape index (κ2) is 18.1. The Morgan fingerprint density at radius 3 is 2.38 bits per heavy atom. The molecule has 3 fully saturated rings. The summed E-state index contributed by atoms with van der Waals surface area (Å²) >= 11 is 6.55. The molecule has 0 bridgehead atoms. The van der Waals surface area contributed by atoms with Crippen molar-refractivity contribution >= 4 is 35.6 Å². The van der Waals surface area contributed by atoms with E-state index in [4.69, 9.17) is 26.8 Å². The Morgan fingerprint density at radius 1 is 0.925 bits per heavy atom. The molecule has 6 rings (SSSR count). The molecular weight excluding hydrogens is 694 g/mol. The first-order valence-corrected chi connectivity index (χ1v) is 19.2. The molecule has 3 aromatic rings. The zero-order valence-corrected chi connectivity index (χ0v) is 31.1. The van der Waals surface area contributed by atoms with Gasteiger partial charge in [0.15, 0.2) is 6.29 Å². The van der Waals surface area contributed by atoms with Crippen LogP contribution >= 0.6 is 11.6 Å². The van der Waals surface area contributed by atoms with Crippen LogP contribution in [0.5, 0.6) is 5.75 Å². The van der Waals surface area contributed by atoms with Gasteiger partial charge < -0.3 is 29.9 Å². The van der Waals surface area contributed by atoms with E-state index in [0.717, 1.165) is 64.7 Å². The number of ether oxygens (including phenoxy) is 2. The number of nitrogens with zero attached hydrogens (tertiary/aromatic N) is 4. The van der Waals surface area contributed by atoms with Crippen molar-refractivity contribution in [3.05, 3.63) is 93.8 Å². The number of halogens is 1. The normalized spacial score (nSPS) is 20.4. The highest BCUT2D eigenvalue weighted by Crippen LogP contribution is 2.39. The van der Waals surface area contributed by atoms with Gasteiger partial charge >= 0.3 is 0 Å². The number of aromatic nitrogens is 1. The fourth-order valence-electron chi connectivity index (χ4n) is 7.99. The van der Waals surface area contributed by atoms with Crippen LogP contribution in [0.3, 0.4) is 0 Å². The van der Waals surface area contributed by atoms with Crippen LogP contribution in [0, 0.1) is 5.41 Å². The Bertz CT molecular complexity index is 1750. The highest BCUT2D eigenvalue weighted by Gasteiger charge is 2.41. The summed E-state index contributed by atoms with van der Waals surface area (Å²) in [6, 6.07) is 15.1. The maximum absolute atomic E-state index is 13.6. The number of carbonyl (C=O) groups is 4. The second-order valence-corrected chi connectivity index (χ2v) is 15.2. The van der Waals surface area contributed by atoms with Gasteiger partial charge in [0.2, 0.25) is 17.7 Å². The summed E-state index contributed by atoms with van der Waals surface area (Å²) in [6.07, 6.45) is 10.8. The quantitative estimate of drug-likeness (QED) is 0.203. The van der Waals surface area contributed by atoms with Gasteiger partial charge in [0.25, 0.3) is 0 Å². The lowest BCUT2D eigenvalue weighted by Crippen LogP contribution is -2.54. The van der Waals surface area contributed by atoms with Crippen molar-refractivity contribution in [2.75, 3.05) is 45.8 Å². The Kier molecular flexibility index (Phi) is 13.1. The number of primary amides is 1. The van der Waals surface area contributed by atoms with Crippen molar-refractivity contribution in [2.45, 2.75) is 77.1 Å². The molecule has 12 heteroatoms. The molecule has 0 saturated carbocycles. The van der Waals surface area contributed by atoms with Crippen molar-refractivity contribution in [1.82, 2.24) is 19.7 Å². The van der Waals surface area contributed by atoms with E-state index in [2.05, 4.69) is 22.0 Å². The standard InChI is InChI=1S/C41H50ClN5O6/c42-36-20-34(25-48)37(53-27-31-19-33(40(43)51)23-44-22-31)21-32(36)10-11-39(50)47-17-6-14-41(29-47)13-5-16-46(28-41)38(49)9-4-15-45-18-12-35(24-45)52-26-30-7-2-1-3-8-30/h1-3,7-8,19-23,25,35H,4-6,9-18,24,26-29H2,(H2,43,51)/t35-,41?/m1/s1. The van der Waals surface area contributed by atoms with Crippen molar-refractivity contribution in [3.8, 4) is 5.75 Å². The molecule has 3 aliphatic rings. The van der Waals surface area contributed by atoms with Gasteiger partial charge in [-0.05, 0) is 80.8 Å². The minimum atomic E-state index is -0.594. The van der Waals surface area contributed by atoms with Crippen molar-refractivity contribution in [3.63, 3.8) is 0 Å². The summed E-state index contributed by atoms with van der Waals surface area (Å²) < 4.78 is 12.1. The van der Waals surface area contributed by atoms with E-state index in [0.29, 0.717) is 67.3 Å². The van der Waals surface area contributed by atoms with Crippen molar-refractivity contribution in [1.29, 1.82) is 0 Å². The molecule has 3 amide bonds. The Hall–Kier alpha value is -4.32. The number of aldehydes is 1. The second-order valence-electron chi connectivity index (χ2n) is 14.8. The predicted octanol–water partition coefficient (Wildman–Crippen LogP) is 5.46. The number of rotatable bonds is 15. The van der Waals surface area contributed by atoms with Gasteiger partial charge in [0.05, 0.1) is 23.8 Å². The highest BCUT2D eigenvalue weighted by atomic mass is 35.5. The number of carbonyl (C=O) groups excluding carboxylic acids is 4. The lowest BCUT2D eigenvalue weighted by molar-refractivity contribution is -0.140. The van der Waals surface area contributed by atoms with Crippen LogP contribution in [-0.4, -0.2) is 95.6 Å². The number of piperidine rings is 2. The summed E-state index contributed by atoms with van der Waals surface area (Å²) in [6.45, 7) is 6.34. The molecule has 3 aliphatic heterocycles. The van der Waals surface area contributed by atoms with Gasteiger partial charge in [-0.1, -0.05) is 41.9 Å². The molecule has 1 unspecified atom stereocenters. The Morgan fingerprint density at radius 2 is 1.66 bits per heavy atom. The average molecular weight is 744 g/mol. The van der Waals surface area contributed by atoms with Crippen LogP contribution in [0.4, 0.5) is 0 Å². The fourth-order valence-corrected chi connectivity index (χ4v) is 8.26. The highest BCUT2D eigenvalue weighted by molar-refractivity contribution is 6.31. The molecule has 4 heterocycles. The van der Waals surface area contributed by atoms with Crippen LogP contribution in [0.25, 0.3) is 0 Å². The number of aryl methyl sites for hydroxylation is 1. The number of hydrogen-bond donors (Lipinski definition) is 1. The zero-order chi connectivity index (χ0) is 37.2. The van der Waals surface area contributed by atoms with Crippen LogP contribution in [0.1, 0.15) is 88.8 Å². The molecule has 1 spiro atoms. The fraction of sp³-hybridized carbons (Fsp3) is 0.488. The molecule has 2 N–H and O–H groups in total. The van der Waals surface area contributed by atoms with Gasteiger partial charge in [0.1, 0.15) is 12.4 Å². The van der Waals surface area contributed by atoms with Crippen LogP contribution < -0.4 is 10.5 Å². The molecular formula is C41H50ClN5O6. The number of nitrogens with two attached hydrogens (primary N) is 1. The molecule has 282 valence electrons. The third-order valence-corrected chi connectivity index (χ3v) is 11.2. The Balaban J connectivity index is 0.960. The number of hydrogen-bond acceptors (Lipinski definition) is 8. The lowest BCUT2D eigenvalue weighted by Gasteiger charge is -2.48. The van der Waals surface area contributed by atoms with Crippen LogP contribution in [-0.2, 0) is 34.0 Å². The van der Waals surface area contributed by atoms with Gasteiger partial charge in [-0.3, -0.25) is 24.2 Å². The molecule has 2 atom stereocenters. The van der Waals surface area contributed by atoms with E-state index >= 15 is 0 Å². The molecule has 0 radical (unpaired) electrons. The van der Waals surface area contributed by atoms with E-state index in [1.54, 1.807) is 24.4 Å². The van der Waals surface area contributed by atoms with E-state index < -0.39 is 5.91 Å². The van der Waals surface area contributed by atoms with Crippen molar-refractivity contribution in [2.24, 2.45) is 11.1 Å². The van der Waals surface area contributed by atoms with Gasteiger partial charge in [-0.25, -0.2) is 0 Å². The third-order valence-electron chi connectivity index (χ3n) is 10.8. The van der Waals surface area contributed by atoms with Gasteiger partial charge in [-0.15, -0.1) is 0 Å². The molecule has 53 heavy (non-hydrogen) atoms. The van der Waals surface area contributed by atoms with E-state index in [-0.39, 0.29) is 47.5 Å². The van der Waals surface area contributed by atoms with Gasteiger partial charge in [-0.2, -0.15) is 0 Å². The third kappa shape index (κ3) is 10.4. The summed E-state index contributed by atoms with van der Waals surface area (Å²) in [5.41, 5.74) is 8.35. The first kappa shape index (κ1) is 38.4. The first-order valence-electron chi connectivity index (χ1n) is 18.8. The number of pyridine rings is 1. The maximum atomic E-state index is 13.6. The Labute approximate surface area is 316 Å². The smallest absolute Gasteiger partial charge is 0.250 e. The minimum absolute atomic E-state index is 0.0523. The maximum Gasteiger partial charge on any atom is 0.250 e. The summed E-state index contributed by atoms with van der Waals surface area (Å²) in [5.74, 6) is 0.00455. The number of amides is 3. The molecule has 2 aromatic carbocycles. The van der Waals surface area contributed by atoms with Crippen LogP contribution in [0.2, 0.25) is 5.02 Å². The predicted molar refractivity (Wildman–Crippen MR) is 202 cm³/mol. The molecule has 3 saturated heterocycles. The molecule has 1 aromatic heterocycles. The van der Waals surface area contributed by atoms with Crippen molar-refractivity contribution < 1.29 is 28.7 Å². The minimum Gasteiger partial charge on any atom is -0.488 e. The molecule has 11 nitrogen and oxygen atoms in total. The average Bonchev–Trinajstić information content (AvgIpc) is 3.63. The largest absolute Gasteiger partial charge is 0.488 e. The summed E-state index contributed by atoms with van der Waals surface area (Å²) in [4.78, 5) is 60.8. The zero-order valence-electron chi connectivity index (χ0n) is 30.3. The lowest BCUT2D eigenvalue weighted by atomic mass is 9.73. The molecule has 0 aliphatic carbocycles. The van der Waals surface area contributed by atoms with E-state index in [1.807, 2.05) is 28.0 Å². The monoisotopic (exact) mass is 743 g/mol. The van der Waals surface area contributed by atoms with Crippen LogP contribution in [0.15, 0.2) is 60.9 Å². The number of likely N-dealkylation sites (tertiary alicyclic amines) is 3. The summed E-state index contributed by atoms with van der Waals surface area (Å²) in [5, 5.41) is 0.391. The SMILES string of the molecule is NC(=O)c1cncc(COc2cc(CCC(=O)N3CCCC4(CCCN(C(=O)CCCN5CC[C@@H](OCc6ccccc6)C5)C4)C3)c(Cl)cc2C=O)c1. The summed E-state index contributed by atoms with van der Waals surface area (Å²) in [7, 11) is 0.